The van der Waals surface area contributed by atoms with Crippen LogP contribution < -0.4 is 9.47 Å². The van der Waals surface area contributed by atoms with Crippen LogP contribution >= 0.6 is 0 Å². The third kappa shape index (κ3) is 2.05. The van der Waals surface area contributed by atoms with E-state index >= 15 is 0 Å². The van der Waals surface area contributed by atoms with Gasteiger partial charge in [0, 0.05) is 11.1 Å². The van der Waals surface area contributed by atoms with Gasteiger partial charge in [0.25, 0.3) is 0 Å². The molecule has 0 bridgehead atoms. The molecular formula is C17H11FO6. The fraction of sp³-hybridized carbons (Fsp3) is 0.118. The van der Waals surface area contributed by atoms with Crippen molar-refractivity contribution in [3.05, 3.63) is 57.9 Å². The minimum Gasteiger partial charge on any atom is -0.496 e. The largest absolute Gasteiger partial charge is 0.496 e. The van der Waals surface area contributed by atoms with Crippen LogP contribution in [0.2, 0.25) is 0 Å². The van der Waals surface area contributed by atoms with Gasteiger partial charge in [0.1, 0.15) is 5.75 Å². The number of carboxylic acid groups (broad SMARTS) is 1. The molecule has 0 spiro atoms. The van der Waals surface area contributed by atoms with Crippen molar-refractivity contribution in [2.45, 2.75) is 0 Å². The minimum atomic E-state index is -1.26. The number of fused-ring (bicyclic) bond motifs is 2. The lowest BCUT2D eigenvalue weighted by atomic mass is 9.82. The molecule has 1 aliphatic rings. The number of carbonyl (C=O) groups is 3. The van der Waals surface area contributed by atoms with Crippen molar-refractivity contribution in [3.63, 3.8) is 0 Å². The lowest BCUT2D eigenvalue weighted by Crippen LogP contribution is -2.23. The number of rotatable bonds is 3. The summed E-state index contributed by atoms with van der Waals surface area (Å²) in [5, 5.41) is 9.15. The third-order valence-electron chi connectivity index (χ3n) is 3.83. The quantitative estimate of drug-likeness (QED) is 0.792. The van der Waals surface area contributed by atoms with E-state index in [-0.39, 0.29) is 39.3 Å². The molecule has 6 nitrogen and oxygen atoms in total. The van der Waals surface area contributed by atoms with Crippen LogP contribution in [0.1, 0.15) is 42.2 Å². The summed E-state index contributed by atoms with van der Waals surface area (Å²) < 4.78 is 23.9. The minimum absolute atomic E-state index is 0.0460. The summed E-state index contributed by atoms with van der Waals surface area (Å²) in [7, 11) is 2.44. The lowest BCUT2D eigenvalue weighted by molar-refractivity contribution is 0.0696. The maximum absolute atomic E-state index is 13.9. The molecule has 2 aromatic carbocycles. The number of hydrogen-bond donors (Lipinski definition) is 1. The van der Waals surface area contributed by atoms with E-state index in [1.165, 1.54) is 20.3 Å². The first-order chi connectivity index (χ1) is 11.4. The van der Waals surface area contributed by atoms with Gasteiger partial charge in [-0.15, -0.1) is 0 Å². The molecule has 7 heteroatoms. The maximum Gasteiger partial charge on any atom is 0.335 e. The Balaban J connectivity index is 2.37. The van der Waals surface area contributed by atoms with Gasteiger partial charge in [-0.25, -0.2) is 9.18 Å². The Morgan fingerprint density at radius 2 is 1.71 bits per heavy atom. The average Bonchev–Trinajstić information content (AvgIpc) is 2.57. The van der Waals surface area contributed by atoms with Crippen LogP contribution in [0.4, 0.5) is 4.39 Å². The number of methoxy groups -OCH3 is 2. The molecule has 0 saturated heterocycles. The number of hydrogen-bond acceptors (Lipinski definition) is 5. The molecule has 3 rings (SSSR count). The van der Waals surface area contributed by atoms with E-state index < -0.39 is 23.4 Å². The lowest BCUT2D eigenvalue weighted by Gasteiger charge is -2.22. The van der Waals surface area contributed by atoms with Crippen LogP contribution in [0, 0.1) is 5.82 Å². The summed E-state index contributed by atoms with van der Waals surface area (Å²) in [5.41, 5.74) is -0.641. The molecule has 0 aromatic heterocycles. The number of ether oxygens (including phenoxy) is 2. The molecule has 0 saturated carbocycles. The number of benzene rings is 2. The van der Waals surface area contributed by atoms with Crippen molar-refractivity contribution in [2.75, 3.05) is 14.2 Å². The second-order valence-corrected chi connectivity index (χ2v) is 5.07. The molecule has 24 heavy (non-hydrogen) atoms. The molecular weight excluding hydrogens is 319 g/mol. The van der Waals surface area contributed by atoms with Gasteiger partial charge in [-0.05, 0) is 24.3 Å². The molecule has 0 fully saturated rings. The molecule has 0 atom stereocenters. The van der Waals surface area contributed by atoms with E-state index in [0.29, 0.717) is 0 Å². The molecule has 122 valence electrons. The highest BCUT2D eigenvalue weighted by Gasteiger charge is 2.36. The van der Waals surface area contributed by atoms with Crippen LogP contribution in [0.3, 0.4) is 0 Å². The Morgan fingerprint density at radius 3 is 2.29 bits per heavy atom. The number of carbonyl (C=O) groups excluding carboxylic acids is 2. The van der Waals surface area contributed by atoms with Gasteiger partial charge in [0.15, 0.2) is 17.3 Å². The fourth-order valence-corrected chi connectivity index (χ4v) is 2.75. The number of halogens is 1. The Kier molecular flexibility index (Phi) is 3.56. The highest BCUT2D eigenvalue weighted by molar-refractivity contribution is 6.30. The molecule has 1 N–H and O–H groups in total. The SMILES string of the molecule is COc1cc(C(=O)O)cc2c1C(=O)c1c(ccc(F)c1OC)C2=O. The molecule has 1 aliphatic carbocycles. The summed E-state index contributed by atoms with van der Waals surface area (Å²) >= 11 is 0. The highest BCUT2D eigenvalue weighted by atomic mass is 19.1. The molecule has 0 heterocycles. The second kappa shape index (κ2) is 5.45. The van der Waals surface area contributed by atoms with Crippen LogP contribution in [-0.2, 0) is 0 Å². The predicted octanol–water partition coefficient (Wildman–Crippen LogP) is 2.32. The van der Waals surface area contributed by atoms with Crippen LogP contribution in [0.5, 0.6) is 11.5 Å². The highest BCUT2D eigenvalue weighted by Crippen LogP contribution is 2.39. The van der Waals surface area contributed by atoms with E-state index in [2.05, 4.69) is 0 Å². The first-order valence-electron chi connectivity index (χ1n) is 6.82. The Hall–Kier alpha value is -3.22. The summed E-state index contributed by atoms with van der Waals surface area (Å²) in [4.78, 5) is 36.7. The van der Waals surface area contributed by atoms with Crippen molar-refractivity contribution in [1.29, 1.82) is 0 Å². The number of ketones is 2. The van der Waals surface area contributed by atoms with Crippen molar-refractivity contribution < 1.29 is 33.4 Å². The second-order valence-electron chi connectivity index (χ2n) is 5.07. The smallest absolute Gasteiger partial charge is 0.335 e. The Morgan fingerprint density at radius 1 is 1.00 bits per heavy atom. The maximum atomic E-state index is 13.9. The summed E-state index contributed by atoms with van der Waals surface area (Å²) in [6.45, 7) is 0. The van der Waals surface area contributed by atoms with Crippen molar-refractivity contribution in [3.8, 4) is 11.5 Å². The van der Waals surface area contributed by atoms with Gasteiger partial charge in [-0.2, -0.15) is 0 Å². The third-order valence-corrected chi connectivity index (χ3v) is 3.83. The zero-order chi connectivity index (χ0) is 17.6. The van der Waals surface area contributed by atoms with E-state index in [1.807, 2.05) is 0 Å². The van der Waals surface area contributed by atoms with Gasteiger partial charge >= 0.3 is 5.97 Å². The number of aromatic carboxylic acids is 1. The van der Waals surface area contributed by atoms with Crippen LogP contribution in [-0.4, -0.2) is 36.9 Å². The normalized spacial score (nSPS) is 12.5. The van der Waals surface area contributed by atoms with Crippen molar-refractivity contribution in [2.24, 2.45) is 0 Å². The van der Waals surface area contributed by atoms with Gasteiger partial charge in [0.2, 0.25) is 5.78 Å². The Bertz CT molecular complexity index is 916. The average molecular weight is 330 g/mol. The summed E-state index contributed by atoms with van der Waals surface area (Å²) in [6.07, 6.45) is 0. The van der Waals surface area contributed by atoms with E-state index in [4.69, 9.17) is 14.6 Å². The molecule has 2 aromatic rings. The Labute approximate surface area is 135 Å². The first-order valence-corrected chi connectivity index (χ1v) is 6.82. The molecule has 0 aliphatic heterocycles. The summed E-state index contributed by atoms with van der Waals surface area (Å²) in [6, 6.07) is 4.45. The van der Waals surface area contributed by atoms with Gasteiger partial charge < -0.3 is 14.6 Å². The zero-order valence-corrected chi connectivity index (χ0v) is 12.7. The van der Waals surface area contributed by atoms with Crippen molar-refractivity contribution in [1.82, 2.24) is 0 Å². The zero-order valence-electron chi connectivity index (χ0n) is 12.7. The number of carboxylic acids is 1. The standard InChI is InChI=1S/C17H11FO6/c1-23-11-6-7(17(21)22)5-9-12(11)15(20)13-8(14(9)19)3-4-10(18)16(13)24-2/h3-6H,1-2H3,(H,21,22). The molecule has 0 radical (unpaired) electrons. The first kappa shape index (κ1) is 15.7. The van der Waals surface area contributed by atoms with E-state index in [0.717, 1.165) is 18.2 Å². The van der Waals surface area contributed by atoms with Gasteiger partial charge in [0.05, 0.1) is 30.9 Å². The monoisotopic (exact) mass is 330 g/mol. The topological polar surface area (TPSA) is 89.9 Å². The summed E-state index contributed by atoms with van der Waals surface area (Å²) in [5.74, 6) is -3.70. The van der Waals surface area contributed by atoms with Crippen LogP contribution in [0.25, 0.3) is 0 Å². The van der Waals surface area contributed by atoms with Crippen LogP contribution in [0.15, 0.2) is 24.3 Å². The van der Waals surface area contributed by atoms with Gasteiger partial charge in [-0.1, -0.05) is 0 Å². The van der Waals surface area contributed by atoms with E-state index in [9.17, 15) is 18.8 Å². The van der Waals surface area contributed by atoms with Gasteiger partial charge in [-0.3, -0.25) is 9.59 Å². The molecule has 0 amide bonds. The van der Waals surface area contributed by atoms with Crippen molar-refractivity contribution >= 4 is 17.5 Å². The predicted molar refractivity (Wildman–Crippen MR) is 79.8 cm³/mol. The fourth-order valence-electron chi connectivity index (χ4n) is 2.75. The van der Waals surface area contributed by atoms with E-state index in [1.54, 1.807) is 0 Å². The molecule has 0 unspecified atom stereocenters.